The van der Waals surface area contributed by atoms with Crippen molar-refractivity contribution in [1.82, 2.24) is 10.2 Å². The third-order valence-electron chi connectivity index (χ3n) is 5.61. The molecule has 0 aromatic rings. The van der Waals surface area contributed by atoms with Crippen LogP contribution in [-0.2, 0) is 14.4 Å². The van der Waals surface area contributed by atoms with Crippen LogP contribution in [0.5, 0.6) is 0 Å². The molecule has 0 radical (unpaired) electrons. The van der Waals surface area contributed by atoms with Crippen LogP contribution in [0.1, 0.15) is 39.0 Å². The van der Waals surface area contributed by atoms with Gasteiger partial charge in [-0.15, -0.1) is 0 Å². The second-order valence-corrected chi connectivity index (χ2v) is 7.34. The smallest absolute Gasteiger partial charge is 0.269 e. The molecule has 2 aliphatic carbocycles. The third-order valence-corrected chi connectivity index (χ3v) is 5.61. The van der Waals surface area contributed by atoms with Gasteiger partial charge >= 0.3 is 0 Å². The van der Waals surface area contributed by atoms with E-state index < -0.39 is 0 Å². The van der Waals surface area contributed by atoms with Crippen LogP contribution in [0.3, 0.4) is 0 Å². The number of nitrogens with one attached hydrogen (secondary N) is 1. The second-order valence-electron chi connectivity index (χ2n) is 7.34. The summed E-state index contributed by atoms with van der Waals surface area (Å²) >= 11 is 0. The third kappa shape index (κ3) is 2.29. The molecular formula is C16H23N3O3. The van der Waals surface area contributed by atoms with Gasteiger partial charge in [-0.3, -0.25) is 9.59 Å². The number of oxime groups is 1. The zero-order valence-corrected chi connectivity index (χ0v) is 13.0. The molecule has 0 bridgehead atoms. The number of likely N-dealkylation sites (tertiary alicyclic amines) is 1. The van der Waals surface area contributed by atoms with Gasteiger partial charge in [0.05, 0.1) is 12.5 Å². The first kappa shape index (κ1) is 14.0. The Morgan fingerprint density at radius 1 is 1.27 bits per heavy atom. The van der Waals surface area contributed by atoms with Gasteiger partial charge in [-0.25, -0.2) is 0 Å². The van der Waals surface area contributed by atoms with E-state index in [1.165, 1.54) is 6.42 Å². The summed E-state index contributed by atoms with van der Waals surface area (Å²) in [6, 6.07) is 0.296. The van der Waals surface area contributed by atoms with Crippen LogP contribution < -0.4 is 5.32 Å². The normalized spacial score (nSPS) is 36.8. The molecule has 0 aromatic heterocycles. The minimum atomic E-state index is -0.136. The molecule has 2 atom stereocenters. The summed E-state index contributed by atoms with van der Waals surface area (Å²) in [5.41, 5.74) is 0.481. The Morgan fingerprint density at radius 2 is 2.05 bits per heavy atom. The number of fused-ring (bicyclic) bond motifs is 1. The quantitative estimate of drug-likeness (QED) is 0.842. The number of carbonyl (C=O) groups excluding carboxylic acids is 2. The van der Waals surface area contributed by atoms with Gasteiger partial charge in [-0.2, -0.15) is 0 Å². The molecule has 6 heteroatoms. The van der Waals surface area contributed by atoms with Gasteiger partial charge in [0.1, 0.15) is 0 Å². The number of carbonyl (C=O) groups is 2. The lowest BCUT2D eigenvalue weighted by Gasteiger charge is -2.34. The summed E-state index contributed by atoms with van der Waals surface area (Å²) in [5.74, 6) is 0.913. The van der Waals surface area contributed by atoms with Gasteiger partial charge in [0.2, 0.25) is 5.91 Å². The highest BCUT2D eigenvalue weighted by molar-refractivity contribution is 6.40. The Kier molecular flexibility index (Phi) is 3.35. The van der Waals surface area contributed by atoms with Crippen molar-refractivity contribution in [3.05, 3.63) is 0 Å². The first-order valence-electron chi connectivity index (χ1n) is 8.45. The van der Waals surface area contributed by atoms with Crippen molar-refractivity contribution in [3.8, 4) is 0 Å². The van der Waals surface area contributed by atoms with Crippen LogP contribution in [0.15, 0.2) is 5.16 Å². The van der Waals surface area contributed by atoms with E-state index in [4.69, 9.17) is 4.84 Å². The first-order chi connectivity index (χ1) is 10.6. The Hall–Kier alpha value is -1.59. The standard InChI is InChI=1S/C16H23N3O3/c1-9-5-10(6-9)16(21)19-7-12-13(8-19)22-18-14(12)15(20)17-11-3-2-4-11/h9-13H,2-8H2,1H3,(H,17,20)/t9?,10?,12-,13+/m0/s1. The van der Waals surface area contributed by atoms with Gasteiger partial charge in [0.15, 0.2) is 11.8 Å². The molecule has 2 aliphatic heterocycles. The Balaban J connectivity index is 1.36. The highest BCUT2D eigenvalue weighted by Gasteiger charge is 2.48. The maximum Gasteiger partial charge on any atom is 0.269 e. The van der Waals surface area contributed by atoms with Crippen molar-refractivity contribution in [3.63, 3.8) is 0 Å². The lowest BCUT2D eigenvalue weighted by atomic mass is 9.75. The summed E-state index contributed by atoms with van der Waals surface area (Å²) in [7, 11) is 0. The van der Waals surface area contributed by atoms with Gasteiger partial charge < -0.3 is 15.1 Å². The lowest BCUT2D eigenvalue weighted by Crippen LogP contribution is -2.45. The molecular weight excluding hydrogens is 282 g/mol. The van der Waals surface area contributed by atoms with Crippen molar-refractivity contribution in [2.45, 2.75) is 51.2 Å². The summed E-state index contributed by atoms with van der Waals surface area (Å²) in [6.07, 6.45) is 5.14. The van der Waals surface area contributed by atoms with Crippen LogP contribution >= 0.6 is 0 Å². The summed E-state index contributed by atoms with van der Waals surface area (Å²) in [5, 5.41) is 7.00. The average molecular weight is 305 g/mol. The predicted octanol–water partition coefficient (Wildman–Crippen LogP) is 0.914. The fraction of sp³-hybridized carbons (Fsp3) is 0.812. The van der Waals surface area contributed by atoms with Crippen molar-refractivity contribution < 1.29 is 14.4 Å². The Morgan fingerprint density at radius 3 is 2.68 bits per heavy atom. The van der Waals surface area contributed by atoms with E-state index in [2.05, 4.69) is 17.4 Å². The van der Waals surface area contributed by atoms with Gasteiger partial charge in [0.25, 0.3) is 5.91 Å². The summed E-state index contributed by atoms with van der Waals surface area (Å²) in [6.45, 7) is 3.32. The molecule has 0 unspecified atom stereocenters. The van der Waals surface area contributed by atoms with E-state index in [1.54, 1.807) is 0 Å². The lowest BCUT2D eigenvalue weighted by molar-refractivity contribution is -0.139. The van der Waals surface area contributed by atoms with Crippen molar-refractivity contribution in [2.24, 2.45) is 22.9 Å². The van der Waals surface area contributed by atoms with Gasteiger partial charge in [0, 0.05) is 18.5 Å². The van der Waals surface area contributed by atoms with E-state index in [1.807, 2.05) is 4.90 Å². The second kappa shape index (κ2) is 5.25. The molecule has 2 amide bonds. The van der Waals surface area contributed by atoms with E-state index in [0.717, 1.165) is 25.7 Å². The molecule has 2 heterocycles. The predicted molar refractivity (Wildman–Crippen MR) is 80.0 cm³/mol. The minimum absolute atomic E-state index is 0.0541. The molecule has 1 N–H and O–H groups in total. The van der Waals surface area contributed by atoms with E-state index in [0.29, 0.717) is 30.8 Å². The Bertz CT molecular complexity index is 523. The van der Waals surface area contributed by atoms with Crippen LogP contribution in [-0.4, -0.2) is 47.7 Å². The fourth-order valence-electron chi connectivity index (χ4n) is 3.90. The summed E-state index contributed by atoms with van der Waals surface area (Å²) in [4.78, 5) is 32.0. The minimum Gasteiger partial charge on any atom is -0.389 e. The number of hydrogen-bond acceptors (Lipinski definition) is 4. The maximum absolute atomic E-state index is 12.4. The number of amides is 2. The van der Waals surface area contributed by atoms with Crippen molar-refractivity contribution >= 4 is 17.5 Å². The van der Waals surface area contributed by atoms with E-state index in [9.17, 15) is 9.59 Å². The number of nitrogens with zero attached hydrogens (tertiary/aromatic N) is 2. The van der Waals surface area contributed by atoms with Crippen molar-refractivity contribution in [1.29, 1.82) is 0 Å². The summed E-state index contributed by atoms with van der Waals surface area (Å²) < 4.78 is 0. The Labute approximate surface area is 130 Å². The van der Waals surface area contributed by atoms with Crippen LogP contribution in [0.4, 0.5) is 0 Å². The molecule has 3 fully saturated rings. The fourth-order valence-corrected chi connectivity index (χ4v) is 3.90. The average Bonchev–Trinajstić information content (AvgIpc) is 2.98. The number of rotatable bonds is 3. The van der Waals surface area contributed by atoms with E-state index >= 15 is 0 Å². The number of hydrogen-bond donors (Lipinski definition) is 1. The molecule has 22 heavy (non-hydrogen) atoms. The molecule has 0 spiro atoms. The monoisotopic (exact) mass is 305 g/mol. The highest BCUT2D eigenvalue weighted by atomic mass is 16.6. The maximum atomic E-state index is 12.4. The van der Waals surface area contributed by atoms with Gasteiger partial charge in [-0.1, -0.05) is 12.1 Å². The largest absolute Gasteiger partial charge is 0.389 e. The topological polar surface area (TPSA) is 71.0 Å². The van der Waals surface area contributed by atoms with E-state index in [-0.39, 0.29) is 29.8 Å². The molecule has 0 aromatic carbocycles. The molecule has 2 saturated carbocycles. The molecule has 4 rings (SSSR count). The molecule has 120 valence electrons. The molecule has 4 aliphatic rings. The molecule has 6 nitrogen and oxygen atoms in total. The zero-order chi connectivity index (χ0) is 15.3. The molecule has 1 saturated heterocycles. The van der Waals surface area contributed by atoms with Gasteiger partial charge in [-0.05, 0) is 38.0 Å². The van der Waals surface area contributed by atoms with Crippen molar-refractivity contribution in [2.75, 3.05) is 13.1 Å². The zero-order valence-electron chi connectivity index (χ0n) is 13.0. The highest BCUT2D eigenvalue weighted by Crippen LogP contribution is 2.37. The first-order valence-corrected chi connectivity index (χ1v) is 8.45. The van der Waals surface area contributed by atoms with Crippen LogP contribution in [0.2, 0.25) is 0 Å². The SMILES string of the molecule is CC1CC(C(=O)N2C[C@@H]3C(C(=O)NC4CCC4)=NO[C@@H]3C2)C1. The van der Waals surface area contributed by atoms with Crippen LogP contribution in [0, 0.1) is 17.8 Å². The van der Waals surface area contributed by atoms with Crippen LogP contribution in [0.25, 0.3) is 0 Å².